The molecule has 3 heterocycles. The van der Waals surface area contributed by atoms with Gasteiger partial charge in [-0.3, -0.25) is 9.59 Å². The molecular formula is C16H19Cl3N4O2S. The van der Waals surface area contributed by atoms with Crippen LogP contribution in [0.4, 0.5) is 0 Å². The molecule has 6 nitrogen and oxygen atoms in total. The van der Waals surface area contributed by atoms with Gasteiger partial charge in [0.05, 0.1) is 0 Å². The van der Waals surface area contributed by atoms with Crippen LogP contribution < -0.4 is 16.2 Å². The molecule has 0 radical (unpaired) electrons. The molecule has 2 N–H and O–H groups in total. The number of hydrogen-bond acceptors (Lipinski definition) is 3. The Bertz CT molecular complexity index is 779. The zero-order valence-corrected chi connectivity index (χ0v) is 17.1. The van der Waals surface area contributed by atoms with Crippen LogP contribution >= 0.6 is 47.0 Å². The summed E-state index contributed by atoms with van der Waals surface area (Å²) in [6, 6.07) is 5.37. The van der Waals surface area contributed by atoms with Crippen LogP contribution in [0, 0.1) is 5.92 Å². The van der Waals surface area contributed by atoms with E-state index in [1.54, 1.807) is 12.1 Å². The molecule has 10 heteroatoms. The van der Waals surface area contributed by atoms with Gasteiger partial charge < -0.3 is 20.1 Å². The molecule has 0 aliphatic carbocycles. The van der Waals surface area contributed by atoms with Gasteiger partial charge in [0.15, 0.2) is 5.11 Å². The Morgan fingerprint density at radius 2 is 2.00 bits per heavy atom. The summed E-state index contributed by atoms with van der Waals surface area (Å²) in [7, 11) is 0. The molecule has 1 fully saturated rings. The number of nitrogens with one attached hydrogen (secondary N) is 2. The van der Waals surface area contributed by atoms with Crippen molar-refractivity contribution in [1.29, 1.82) is 0 Å². The van der Waals surface area contributed by atoms with Crippen molar-refractivity contribution in [2.75, 3.05) is 13.1 Å². The summed E-state index contributed by atoms with van der Waals surface area (Å²) in [4.78, 5) is 25.5. The highest BCUT2D eigenvalue weighted by atomic mass is 35.6. The van der Waals surface area contributed by atoms with Crippen molar-refractivity contribution < 1.29 is 4.79 Å². The third kappa shape index (κ3) is 4.27. The maximum atomic E-state index is 12.1. The van der Waals surface area contributed by atoms with E-state index in [0.29, 0.717) is 30.7 Å². The van der Waals surface area contributed by atoms with Crippen LogP contribution in [0.1, 0.15) is 25.0 Å². The number of halogens is 3. The topological polar surface area (TPSA) is 66.4 Å². The Morgan fingerprint density at radius 3 is 2.65 bits per heavy atom. The molecular weight excluding hydrogens is 419 g/mol. The second-order valence-corrected chi connectivity index (χ2v) is 9.48. The van der Waals surface area contributed by atoms with Gasteiger partial charge in [0.25, 0.3) is 5.56 Å². The van der Waals surface area contributed by atoms with E-state index in [1.165, 1.54) is 6.92 Å². The third-order valence-electron chi connectivity index (χ3n) is 4.71. The number of thiocarbonyl (C=S) groups is 1. The number of nitrogens with zero attached hydrogens (tertiary/aromatic N) is 2. The van der Waals surface area contributed by atoms with E-state index in [4.69, 9.17) is 47.0 Å². The lowest BCUT2D eigenvalue weighted by Crippen LogP contribution is -2.59. The summed E-state index contributed by atoms with van der Waals surface area (Å²) < 4.78 is 0.107. The number of amides is 1. The Labute approximate surface area is 171 Å². The Kier molecular flexibility index (Phi) is 5.72. The number of rotatable bonds is 2. The Balaban J connectivity index is 1.74. The van der Waals surface area contributed by atoms with Crippen molar-refractivity contribution in [3.63, 3.8) is 0 Å². The van der Waals surface area contributed by atoms with Crippen LogP contribution in [0.2, 0.25) is 0 Å². The number of likely N-dealkylation sites (tertiary alicyclic amines) is 1. The zero-order valence-electron chi connectivity index (χ0n) is 14.0. The molecule has 142 valence electrons. The highest BCUT2D eigenvalue weighted by Crippen LogP contribution is 2.35. The molecule has 1 aromatic heterocycles. The van der Waals surface area contributed by atoms with Gasteiger partial charge in [-0.25, -0.2) is 0 Å². The monoisotopic (exact) mass is 436 g/mol. The summed E-state index contributed by atoms with van der Waals surface area (Å²) in [6.45, 7) is 3.38. The first kappa shape index (κ1) is 19.7. The number of piperidine rings is 1. The minimum atomic E-state index is -1.75. The summed E-state index contributed by atoms with van der Waals surface area (Å²) >= 11 is 23.3. The lowest BCUT2D eigenvalue weighted by molar-refractivity contribution is -0.119. The number of alkyl halides is 3. The fraction of sp³-hybridized carbons (Fsp3) is 0.562. The first-order valence-corrected chi connectivity index (χ1v) is 9.78. The van der Waals surface area contributed by atoms with E-state index in [0.717, 1.165) is 12.1 Å². The molecule has 26 heavy (non-hydrogen) atoms. The second kappa shape index (κ2) is 7.54. The van der Waals surface area contributed by atoms with Crippen LogP contribution in [0.25, 0.3) is 0 Å². The van der Waals surface area contributed by atoms with Crippen LogP contribution in [-0.4, -0.2) is 43.5 Å². The normalized spacial score (nSPS) is 23.0. The number of pyridine rings is 1. The van der Waals surface area contributed by atoms with Gasteiger partial charge >= 0.3 is 0 Å². The molecule has 1 aromatic rings. The minimum absolute atomic E-state index is 0.0354. The predicted molar refractivity (Wildman–Crippen MR) is 107 cm³/mol. The summed E-state index contributed by atoms with van der Waals surface area (Å²) in [6.07, 6.45) is 0.0801. The number of hydrogen-bond donors (Lipinski definition) is 2. The molecule has 1 amide bonds. The van der Waals surface area contributed by atoms with Gasteiger partial charge in [-0.1, -0.05) is 40.9 Å². The number of aromatic nitrogens is 1. The molecule has 0 spiro atoms. The average molecular weight is 438 g/mol. The number of carbonyl (C=O) groups excluding carboxylic acids is 1. The average Bonchev–Trinajstić information content (AvgIpc) is 2.54. The van der Waals surface area contributed by atoms with Crippen molar-refractivity contribution >= 4 is 58.0 Å². The first-order chi connectivity index (χ1) is 12.1. The molecule has 0 aromatic carbocycles. The van der Waals surface area contributed by atoms with Gasteiger partial charge in [0.2, 0.25) is 9.70 Å². The molecule has 3 atom stereocenters. The van der Waals surface area contributed by atoms with E-state index in [-0.39, 0.29) is 17.4 Å². The number of carbonyl (C=O) groups is 1. The maximum Gasteiger partial charge on any atom is 0.250 e. The van der Waals surface area contributed by atoms with Gasteiger partial charge in [0.1, 0.15) is 6.17 Å². The highest BCUT2D eigenvalue weighted by Gasteiger charge is 2.38. The van der Waals surface area contributed by atoms with Crippen molar-refractivity contribution in [1.82, 2.24) is 20.1 Å². The van der Waals surface area contributed by atoms with Crippen molar-refractivity contribution in [3.8, 4) is 0 Å². The summed E-state index contributed by atoms with van der Waals surface area (Å²) in [5.41, 5.74) is 1.06. The SMILES string of the molecule is CC(=O)NC(NC(=S)N1CC2CC(C1)c1cccc(=O)n1C2)C(Cl)(Cl)Cl. The van der Waals surface area contributed by atoms with E-state index in [9.17, 15) is 9.59 Å². The molecule has 2 aliphatic heterocycles. The van der Waals surface area contributed by atoms with Crippen molar-refractivity contribution in [2.24, 2.45) is 5.92 Å². The Morgan fingerprint density at radius 1 is 1.27 bits per heavy atom. The van der Waals surface area contributed by atoms with Gasteiger partial charge in [-0.2, -0.15) is 0 Å². The quantitative estimate of drug-likeness (QED) is 0.421. The molecule has 2 aliphatic rings. The van der Waals surface area contributed by atoms with Crippen LogP contribution in [0.3, 0.4) is 0 Å². The molecule has 3 rings (SSSR count). The van der Waals surface area contributed by atoms with Gasteiger partial charge in [-0.05, 0) is 30.6 Å². The van der Waals surface area contributed by atoms with Crippen LogP contribution in [0.5, 0.6) is 0 Å². The fourth-order valence-corrected chi connectivity index (χ4v) is 4.27. The van der Waals surface area contributed by atoms with Gasteiger partial charge in [0, 0.05) is 44.2 Å². The fourth-order valence-electron chi connectivity index (χ4n) is 3.68. The summed E-state index contributed by atoms with van der Waals surface area (Å²) in [5.74, 6) is 0.191. The standard InChI is InChI=1S/C16H19Cl3N4O2S/c1-9(24)20-14(16(17,18)19)21-15(26)22-6-10-5-11(8-22)12-3-2-4-13(25)23(12)7-10/h2-4,10-11,14H,5-8H2,1H3,(H,20,24)(H,21,26). The largest absolute Gasteiger partial charge is 0.348 e. The van der Waals surface area contributed by atoms with Crippen molar-refractivity contribution in [2.45, 2.75) is 35.8 Å². The van der Waals surface area contributed by atoms with Gasteiger partial charge in [-0.15, -0.1) is 0 Å². The van der Waals surface area contributed by atoms with E-state index in [1.807, 2.05) is 15.5 Å². The molecule has 1 saturated heterocycles. The third-order valence-corrected chi connectivity index (χ3v) is 5.74. The lowest BCUT2D eigenvalue weighted by Gasteiger charge is -2.44. The van der Waals surface area contributed by atoms with Crippen LogP contribution in [-0.2, 0) is 11.3 Å². The molecule has 3 unspecified atom stereocenters. The van der Waals surface area contributed by atoms with Crippen molar-refractivity contribution in [3.05, 3.63) is 34.2 Å². The molecule has 2 bridgehead atoms. The van der Waals surface area contributed by atoms with E-state index < -0.39 is 9.96 Å². The maximum absolute atomic E-state index is 12.1. The zero-order chi connectivity index (χ0) is 19.1. The lowest BCUT2D eigenvalue weighted by atomic mass is 9.83. The van der Waals surface area contributed by atoms with E-state index in [2.05, 4.69) is 10.6 Å². The predicted octanol–water partition coefficient (Wildman–Crippen LogP) is 1.97. The first-order valence-electron chi connectivity index (χ1n) is 8.24. The molecule has 0 saturated carbocycles. The van der Waals surface area contributed by atoms with Crippen LogP contribution in [0.15, 0.2) is 23.0 Å². The Hall–Kier alpha value is -1.02. The number of fused-ring (bicyclic) bond motifs is 4. The van der Waals surface area contributed by atoms with E-state index >= 15 is 0 Å². The smallest absolute Gasteiger partial charge is 0.250 e. The summed E-state index contributed by atoms with van der Waals surface area (Å²) in [5, 5.41) is 5.91. The minimum Gasteiger partial charge on any atom is -0.348 e. The highest BCUT2D eigenvalue weighted by molar-refractivity contribution is 7.80. The second-order valence-electron chi connectivity index (χ2n) is 6.73.